The van der Waals surface area contributed by atoms with Gasteiger partial charge in [-0.05, 0) is 46.8 Å². The van der Waals surface area contributed by atoms with Gasteiger partial charge < -0.3 is 14.8 Å². The van der Waals surface area contributed by atoms with Crippen molar-refractivity contribution < 1.29 is 14.3 Å². The van der Waals surface area contributed by atoms with E-state index in [2.05, 4.69) is 31.6 Å². The molecule has 0 bridgehead atoms. The number of alkyl carbamates (subject to hydrolysis) is 1. The smallest absolute Gasteiger partial charge is 0.407 e. The molecule has 1 unspecified atom stereocenters. The van der Waals surface area contributed by atoms with E-state index >= 15 is 0 Å². The van der Waals surface area contributed by atoms with Gasteiger partial charge in [-0.2, -0.15) is 0 Å². The highest BCUT2D eigenvalue weighted by Crippen LogP contribution is 2.34. The molecule has 2 fully saturated rings. The van der Waals surface area contributed by atoms with Crippen molar-refractivity contribution >= 4 is 33.1 Å². The number of aromatic nitrogens is 3. The van der Waals surface area contributed by atoms with E-state index in [-0.39, 0.29) is 6.10 Å². The summed E-state index contributed by atoms with van der Waals surface area (Å²) >= 11 is 3.53. The molecule has 1 aliphatic heterocycles. The molecule has 1 amide bonds. The molecule has 1 saturated carbocycles. The molecule has 0 radical (unpaired) electrons. The Kier molecular flexibility index (Phi) is 3.40. The molecule has 1 atom stereocenters. The normalized spacial score (nSPS) is 21.0. The van der Waals surface area contributed by atoms with Crippen LogP contribution in [0.25, 0.3) is 11.0 Å². The summed E-state index contributed by atoms with van der Waals surface area (Å²) in [4.78, 5) is 11.0. The average molecular weight is 367 g/mol. The minimum Gasteiger partial charge on any atom is -0.488 e. The van der Waals surface area contributed by atoms with Gasteiger partial charge in [0.1, 0.15) is 17.9 Å². The van der Waals surface area contributed by atoms with Gasteiger partial charge in [0, 0.05) is 6.54 Å². The van der Waals surface area contributed by atoms with E-state index in [4.69, 9.17) is 9.47 Å². The predicted molar refractivity (Wildman–Crippen MR) is 81.7 cm³/mol. The van der Waals surface area contributed by atoms with Crippen LogP contribution in [0.5, 0.6) is 5.75 Å². The maximum Gasteiger partial charge on any atom is 0.407 e. The summed E-state index contributed by atoms with van der Waals surface area (Å²) in [6.45, 7) is 1.70. The number of rotatable bonds is 5. The van der Waals surface area contributed by atoms with E-state index in [1.54, 1.807) is 0 Å². The monoisotopic (exact) mass is 366 g/mol. The first kappa shape index (κ1) is 13.8. The van der Waals surface area contributed by atoms with E-state index in [1.807, 2.05) is 16.8 Å². The number of halogens is 1. The fraction of sp³-hybridized carbons (Fsp3) is 0.500. The molecular weight excluding hydrogens is 352 g/mol. The summed E-state index contributed by atoms with van der Waals surface area (Å²) < 4.78 is 13.5. The number of hydrogen-bond donors (Lipinski definition) is 1. The summed E-state index contributed by atoms with van der Waals surface area (Å²) in [7, 11) is 0. The third kappa shape index (κ3) is 2.63. The molecule has 4 rings (SSSR count). The van der Waals surface area contributed by atoms with Crippen molar-refractivity contribution in [3.8, 4) is 5.75 Å². The first-order valence-electron chi connectivity index (χ1n) is 7.29. The second-order valence-electron chi connectivity index (χ2n) is 5.68. The van der Waals surface area contributed by atoms with Crippen LogP contribution in [-0.4, -0.2) is 40.3 Å². The van der Waals surface area contributed by atoms with Crippen LogP contribution in [0.3, 0.4) is 0 Å². The number of nitrogens with one attached hydrogen (secondary N) is 1. The quantitative estimate of drug-likeness (QED) is 0.876. The van der Waals surface area contributed by atoms with Gasteiger partial charge >= 0.3 is 6.09 Å². The summed E-state index contributed by atoms with van der Waals surface area (Å²) in [5, 5.41) is 11.1. The molecule has 8 heteroatoms. The maximum absolute atomic E-state index is 11.0. The van der Waals surface area contributed by atoms with Gasteiger partial charge in [0.25, 0.3) is 0 Å². The van der Waals surface area contributed by atoms with Gasteiger partial charge in [0.2, 0.25) is 0 Å². The van der Waals surface area contributed by atoms with Gasteiger partial charge in [0.05, 0.1) is 16.5 Å². The van der Waals surface area contributed by atoms with Gasteiger partial charge in [-0.1, -0.05) is 5.21 Å². The number of benzene rings is 1. The zero-order valence-corrected chi connectivity index (χ0v) is 13.4. The predicted octanol–water partition coefficient (Wildman–Crippen LogP) is 2.09. The molecule has 0 spiro atoms. The third-order valence-electron chi connectivity index (χ3n) is 3.89. The van der Waals surface area contributed by atoms with E-state index in [0.717, 1.165) is 28.0 Å². The number of fused-ring (bicyclic) bond motifs is 1. The number of amides is 1. The van der Waals surface area contributed by atoms with Gasteiger partial charge in [-0.3, -0.25) is 0 Å². The van der Waals surface area contributed by atoms with E-state index in [1.165, 1.54) is 12.8 Å². The Hall–Kier alpha value is -1.83. The molecule has 2 aliphatic rings. The highest BCUT2D eigenvalue weighted by Gasteiger charge is 2.25. The van der Waals surface area contributed by atoms with Crippen molar-refractivity contribution in [2.45, 2.75) is 25.5 Å². The molecule has 1 aromatic carbocycles. The van der Waals surface area contributed by atoms with Crippen molar-refractivity contribution in [1.29, 1.82) is 0 Å². The van der Waals surface area contributed by atoms with Crippen LogP contribution in [-0.2, 0) is 11.3 Å². The van der Waals surface area contributed by atoms with Gasteiger partial charge in [-0.25, -0.2) is 9.48 Å². The lowest BCUT2D eigenvalue weighted by molar-refractivity contribution is 0.104. The van der Waals surface area contributed by atoms with Crippen LogP contribution < -0.4 is 10.1 Å². The zero-order chi connectivity index (χ0) is 15.1. The topological polar surface area (TPSA) is 78.3 Å². The molecule has 22 heavy (non-hydrogen) atoms. The Labute approximate surface area is 135 Å². The molecule has 2 heterocycles. The first-order valence-corrected chi connectivity index (χ1v) is 8.09. The summed E-state index contributed by atoms with van der Waals surface area (Å²) in [6, 6.07) is 3.86. The highest BCUT2D eigenvalue weighted by molar-refractivity contribution is 9.10. The average Bonchev–Trinajstić information content (AvgIpc) is 3.08. The highest BCUT2D eigenvalue weighted by atomic mass is 79.9. The Morgan fingerprint density at radius 3 is 3.05 bits per heavy atom. The minimum absolute atomic E-state index is 0.263. The molecule has 1 aromatic heterocycles. The second kappa shape index (κ2) is 5.42. The van der Waals surface area contributed by atoms with Crippen LogP contribution in [0.4, 0.5) is 4.79 Å². The number of cyclic esters (lactones) is 1. The molecule has 1 aliphatic carbocycles. The standard InChI is InChI=1S/C14H15BrN4O3/c15-12-11(21-7-9-5-16-14(20)22-9)4-3-10-13(12)17-18-19(10)6-8-1-2-8/h3-4,8-9H,1-2,5-7H2,(H,16,20). The van der Waals surface area contributed by atoms with E-state index in [0.29, 0.717) is 18.9 Å². The first-order chi connectivity index (χ1) is 10.7. The van der Waals surface area contributed by atoms with Gasteiger partial charge in [-0.15, -0.1) is 5.10 Å². The molecule has 116 valence electrons. The minimum atomic E-state index is -0.397. The Bertz CT molecular complexity index is 728. The van der Waals surface area contributed by atoms with Crippen molar-refractivity contribution in [2.75, 3.05) is 13.2 Å². The summed E-state index contributed by atoms with van der Waals surface area (Å²) in [5.41, 5.74) is 1.79. The summed E-state index contributed by atoms with van der Waals surface area (Å²) in [5.74, 6) is 1.41. The largest absolute Gasteiger partial charge is 0.488 e. The molecule has 2 aromatic rings. The Morgan fingerprint density at radius 2 is 2.32 bits per heavy atom. The Morgan fingerprint density at radius 1 is 1.45 bits per heavy atom. The number of hydrogen-bond acceptors (Lipinski definition) is 5. The summed E-state index contributed by atoms with van der Waals surface area (Å²) in [6.07, 6.45) is 1.89. The van der Waals surface area contributed by atoms with Crippen LogP contribution in [0.2, 0.25) is 0 Å². The second-order valence-corrected chi connectivity index (χ2v) is 6.47. The molecular formula is C14H15BrN4O3. The number of carbonyl (C=O) groups excluding carboxylic acids is 1. The number of nitrogens with zero attached hydrogens (tertiary/aromatic N) is 3. The van der Waals surface area contributed by atoms with Crippen molar-refractivity contribution in [3.05, 3.63) is 16.6 Å². The van der Waals surface area contributed by atoms with Crippen LogP contribution in [0.15, 0.2) is 16.6 Å². The zero-order valence-electron chi connectivity index (χ0n) is 11.8. The van der Waals surface area contributed by atoms with Crippen molar-refractivity contribution in [3.63, 3.8) is 0 Å². The maximum atomic E-state index is 11.0. The number of ether oxygens (including phenoxy) is 2. The lowest BCUT2D eigenvalue weighted by Gasteiger charge is -2.11. The Balaban J connectivity index is 1.51. The SMILES string of the molecule is O=C1NCC(COc2ccc3c(nnn3CC3CC3)c2Br)O1. The third-order valence-corrected chi connectivity index (χ3v) is 4.66. The van der Waals surface area contributed by atoms with Crippen molar-refractivity contribution in [1.82, 2.24) is 20.3 Å². The van der Waals surface area contributed by atoms with Crippen LogP contribution in [0, 0.1) is 5.92 Å². The van der Waals surface area contributed by atoms with E-state index < -0.39 is 6.09 Å². The molecule has 7 nitrogen and oxygen atoms in total. The molecule has 1 saturated heterocycles. The van der Waals surface area contributed by atoms with Crippen LogP contribution in [0.1, 0.15) is 12.8 Å². The lowest BCUT2D eigenvalue weighted by Crippen LogP contribution is -2.22. The lowest BCUT2D eigenvalue weighted by atomic mass is 10.3. The molecule has 1 N–H and O–H groups in total. The fourth-order valence-corrected chi connectivity index (χ4v) is 3.01. The number of carbonyl (C=O) groups is 1. The van der Waals surface area contributed by atoms with Crippen LogP contribution >= 0.6 is 15.9 Å². The fourth-order valence-electron chi connectivity index (χ4n) is 2.49. The van der Waals surface area contributed by atoms with Crippen molar-refractivity contribution in [2.24, 2.45) is 5.92 Å². The van der Waals surface area contributed by atoms with Gasteiger partial charge in [0.15, 0.2) is 6.10 Å². The van der Waals surface area contributed by atoms with E-state index in [9.17, 15) is 4.79 Å².